The van der Waals surface area contributed by atoms with Crippen LogP contribution >= 0.6 is 0 Å². The summed E-state index contributed by atoms with van der Waals surface area (Å²) in [6, 6.07) is 5.77. The van der Waals surface area contributed by atoms with E-state index in [9.17, 15) is 22.4 Å². The normalized spacial score (nSPS) is 14.3. The van der Waals surface area contributed by atoms with E-state index in [1.54, 1.807) is 23.9 Å². The van der Waals surface area contributed by atoms with Gasteiger partial charge in [-0.1, -0.05) is 0 Å². The van der Waals surface area contributed by atoms with E-state index in [4.69, 9.17) is 5.73 Å². The number of fused-ring (bicyclic) bond motifs is 1. The fourth-order valence-electron chi connectivity index (χ4n) is 4.38. The highest BCUT2D eigenvalue weighted by molar-refractivity contribution is 6.01. The van der Waals surface area contributed by atoms with Crippen LogP contribution in [-0.4, -0.2) is 38.6 Å². The van der Waals surface area contributed by atoms with Gasteiger partial charge < -0.3 is 15.2 Å². The number of nitrogens with two attached hydrogens (primary N) is 1. The number of nitrogens with zero attached hydrogens (tertiary/aromatic N) is 5. The number of aromatic nitrogens is 3. The molecule has 0 unspecified atom stereocenters. The number of carbonyl (C=O) groups is 1. The number of rotatable bonds is 4. The number of alkyl halides is 3. The Bertz CT molecular complexity index is 1500. The molecular weight excluding hydrogens is 483 g/mol. The first kappa shape index (κ1) is 23.5. The Morgan fingerprint density at radius 2 is 1.78 bits per heavy atom. The van der Waals surface area contributed by atoms with E-state index in [1.807, 2.05) is 0 Å². The van der Waals surface area contributed by atoms with Crippen molar-refractivity contribution in [2.75, 3.05) is 23.7 Å². The molecule has 1 saturated heterocycles. The van der Waals surface area contributed by atoms with E-state index < -0.39 is 29.4 Å². The van der Waals surface area contributed by atoms with Gasteiger partial charge in [-0.25, -0.2) is 23.5 Å². The zero-order valence-electron chi connectivity index (χ0n) is 18.9. The van der Waals surface area contributed by atoms with Crippen LogP contribution in [0.1, 0.15) is 11.1 Å². The third-order valence-corrected chi connectivity index (χ3v) is 6.17. The number of carbonyl (C=O) groups excluding carboxylic acids is 1. The summed E-state index contributed by atoms with van der Waals surface area (Å²) in [4.78, 5) is 23.6. The van der Waals surface area contributed by atoms with Gasteiger partial charge in [0.15, 0.2) is 0 Å². The van der Waals surface area contributed by atoms with Gasteiger partial charge >= 0.3 is 12.2 Å². The topological polar surface area (TPSA) is 80.3 Å². The number of halogens is 5. The number of anilines is 2. The molecule has 1 aliphatic heterocycles. The van der Waals surface area contributed by atoms with E-state index >= 15 is 4.39 Å². The number of urea groups is 1. The minimum atomic E-state index is -4.64. The van der Waals surface area contributed by atoms with Gasteiger partial charge in [0.1, 0.15) is 29.4 Å². The van der Waals surface area contributed by atoms with Gasteiger partial charge in [0.2, 0.25) is 0 Å². The molecule has 1 fully saturated rings. The van der Waals surface area contributed by atoms with Gasteiger partial charge in [0.25, 0.3) is 0 Å². The van der Waals surface area contributed by atoms with Crippen LogP contribution in [0.4, 0.5) is 38.3 Å². The summed E-state index contributed by atoms with van der Waals surface area (Å²) in [7, 11) is 1.75. The molecular formula is C24H19F5N6O. The maximum atomic E-state index is 15.2. The van der Waals surface area contributed by atoms with Crippen LogP contribution in [-0.2, 0) is 19.8 Å². The molecule has 36 heavy (non-hydrogen) atoms. The lowest BCUT2D eigenvalue weighted by molar-refractivity contribution is -0.137. The lowest BCUT2D eigenvalue weighted by Crippen LogP contribution is -2.31. The fraction of sp³-hybridized carbons (Fsp3) is 0.208. The van der Waals surface area contributed by atoms with Gasteiger partial charge in [-0.05, 0) is 36.4 Å². The smallest absolute Gasteiger partial charge is 0.383 e. The van der Waals surface area contributed by atoms with Crippen molar-refractivity contribution in [2.45, 2.75) is 12.7 Å². The quantitative estimate of drug-likeness (QED) is 0.400. The van der Waals surface area contributed by atoms with E-state index in [0.29, 0.717) is 28.7 Å². The van der Waals surface area contributed by atoms with Crippen molar-refractivity contribution < 1.29 is 26.7 Å². The molecule has 3 heterocycles. The summed E-state index contributed by atoms with van der Waals surface area (Å²) in [5.41, 5.74) is 6.26. The van der Waals surface area contributed by atoms with Gasteiger partial charge in [-0.15, -0.1) is 0 Å². The van der Waals surface area contributed by atoms with Crippen LogP contribution < -0.4 is 10.6 Å². The first-order valence-corrected chi connectivity index (χ1v) is 10.8. The van der Waals surface area contributed by atoms with Crippen LogP contribution in [0.2, 0.25) is 0 Å². The molecule has 0 atom stereocenters. The van der Waals surface area contributed by atoms with Crippen LogP contribution in [0.5, 0.6) is 0 Å². The molecule has 0 radical (unpaired) electrons. The predicted molar refractivity (Wildman–Crippen MR) is 123 cm³/mol. The fourth-order valence-corrected chi connectivity index (χ4v) is 4.38. The summed E-state index contributed by atoms with van der Waals surface area (Å²) >= 11 is 0. The number of hydrogen-bond donors (Lipinski definition) is 1. The summed E-state index contributed by atoms with van der Waals surface area (Å²) in [6.45, 7) is -0.0523. The predicted octanol–water partition coefficient (Wildman–Crippen LogP) is 4.96. The minimum Gasteiger partial charge on any atom is -0.383 e. The van der Waals surface area contributed by atoms with Crippen molar-refractivity contribution in [3.63, 3.8) is 0 Å². The monoisotopic (exact) mass is 502 g/mol. The van der Waals surface area contributed by atoms with Gasteiger partial charge in [0.05, 0.1) is 17.5 Å². The maximum Gasteiger partial charge on any atom is 0.416 e. The van der Waals surface area contributed by atoms with Crippen molar-refractivity contribution in [1.82, 2.24) is 19.4 Å². The lowest BCUT2D eigenvalue weighted by Gasteiger charge is -2.20. The zero-order chi connectivity index (χ0) is 25.8. The minimum absolute atomic E-state index is 0.134. The molecule has 2 aromatic carbocycles. The van der Waals surface area contributed by atoms with E-state index in [2.05, 4.69) is 9.97 Å². The van der Waals surface area contributed by atoms with Crippen molar-refractivity contribution in [3.05, 3.63) is 71.7 Å². The number of amides is 2. The van der Waals surface area contributed by atoms with E-state index in [-0.39, 0.29) is 42.3 Å². The number of hydrogen-bond acceptors (Lipinski definition) is 4. The summed E-state index contributed by atoms with van der Waals surface area (Å²) < 4.78 is 70.2. The van der Waals surface area contributed by atoms with Crippen molar-refractivity contribution in [2.24, 2.45) is 7.05 Å². The molecule has 0 bridgehead atoms. The average Bonchev–Trinajstić information content (AvgIpc) is 3.35. The molecule has 2 N–H and O–H groups in total. The standard InChI is InChI=1S/C24H19F5N6O/c1-33-11-17(20-21(30)31-12-32-22(20)33)16-4-3-15(9-19(16)26)35-7-6-34(23(35)36)10-13-8-14(24(27,28)29)2-5-18(13)25/h2-5,8-9,11-12H,6-7,10H2,1H3,(H2,30,31,32). The number of nitrogen functional groups attached to an aromatic ring is 1. The van der Waals surface area contributed by atoms with Crippen LogP contribution in [0.15, 0.2) is 48.9 Å². The van der Waals surface area contributed by atoms with Crippen molar-refractivity contribution in [1.29, 1.82) is 0 Å². The molecule has 2 amide bonds. The Labute approximate surface area is 201 Å². The molecule has 0 spiro atoms. The number of benzene rings is 2. The van der Waals surface area contributed by atoms with Crippen molar-refractivity contribution in [3.8, 4) is 11.1 Å². The van der Waals surface area contributed by atoms with Crippen molar-refractivity contribution >= 4 is 28.6 Å². The molecule has 12 heteroatoms. The first-order valence-electron chi connectivity index (χ1n) is 10.8. The zero-order valence-corrected chi connectivity index (χ0v) is 18.9. The average molecular weight is 502 g/mol. The number of aryl methyl sites for hydroxylation is 1. The Balaban J connectivity index is 1.40. The molecule has 0 aliphatic carbocycles. The summed E-state index contributed by atoms with van der Waals surface area (Å²) in [5, 5.41) is 0.498. The van der Waals surface area contributed by atoms with E-state index in [0.717, 1.165) is 6.07 Å². The summed E-state index contributed by atoms with van der Waals surface area (Å²) in [5.74, 6) is -1.26. The Kier molecular flexibility index (Phi) is 5.53. The third-order valence-electron chi connectivity index (χ3n) is 6.17. The highest BCUT2D eigenvalue weighted by Crippen LogP contribution is 2.36. The van der Waals surface area contributed by atoms with Crippen LogP contribution in [0.3, 0.4) is 0 Å². The second-order valence-electron chi connectivity index (χ2n) is 8.44. The van der Waals surface area contributed by atoms with Gasteiger partial charge in [-0.2, -0.15) is 13.2 Å². The largest absolute Gasteiger partial charge is 0.416 e. The first-order chi connectivity index (χ1) is 17.0. The Hall–Kier alpha value is -4.22. The van der Waals surface area contributed by atoms with Gasteiger partial charge in [0, 0.05) is 48.7 Å². The van der Waals surface area contributed by atoms with Crippen LogP contribution in [0, 0.1) is 11.6 Å². The van der Waals surface area contributed by atoms with E-state index in [1.165, 1.54) is 28.3 Å². The second kappa shape index (κ2) is 8.47. The maximum absolute atomic E-state index is 15.2. The molecule has 186 valence electrons. The molecule has 1 aliphatic rings. The third kappa shape index (κ3) is 3.97. The highest BCUT2D eigenvalue weighted by atomic mass is 19.4. The molecule has 7 nitrogen and oxygen atoms in total. The second-order valence-corrected chi connectivity index (χ2v) is 8.44. The molecule has 0 saturated carbocycles. The Morgan fingerprint density at radius 1 is 1.00 bits per heavy atom. The summed E-state index contributed by atoms with van der Waals surface area (Å²) in [6.07, 6.45) is -1.64. The Morgan fingerprint density at radius 3 is 2.50 bits per heavy atom. The molecule has 2 aromatic heterocycles. The van der Waals surface area contributed by atoms with Gasteiger partial charge in [-0.3, -0.25) is 4.90 Å². The molecule has 4 aromatic rings. The molecule has 5 rings (SSSR count). The van der Waals surface area contributed by atoms with Crippen LogP contribution in [0.25, 0.3) is 22.2 Å². The lowest BCUT2D eigenvalue weighted by atomic mass is 10.0. The highest BCUT2D eigenvalue weighted by Gasteiger charge is 2.33. The SMILES string of the molecule is Cn1cc(-c2ccc(N3CCN(Cc4cc(C(F)(F)F)ccc4F)C3=O)cc2F)c2c(N)ncnc21.